The molecule has 1 aromatic carbocycles. The number of ether oxygens (including phenoxy) is 1. The number of carboxylic acid groups (broad SMARTS) is 1. The van der Waals surface area contributed by atoms with Crippen molar-refractivity contribution in [3.63, 3.8) is 0 Å². The predicted octanol–water partition coefficient (Wildman–Crippen LogP) is 7.09. The average molecular weight is 756 g/mol. The number of aromatic nitrogens is 5. The Balaban J connectivity index is 1.05. The van der Waals surface area contributed by atoms with Gasteiger partial charge in [0.25, 0.3) is 5.91 Å². The van der Waals surface area contributed by atoms with Gasteiger partial charge in [-0.15, -0.1) is 0 Å². The first-order valence-corrected chi connectivity index (χ1v) is 18.6. The summed E-state index contributed by atoms with van der Waals surface area (Å²) in [6.07, 6.45) is 7.09. The Hall–Kier alpha value is -5.60. The lowest BCUT2D eigenvalue weighted by molar-refractivity contribution is -0.163. The van der Waals surface area contributed by atoms with Gasteiger partial charge in [0.2, 0.25) is 5.95 Å². The number of aliphatic carboxylic acids is 1. The molecule has 15 heteroatoms. The highest BCUT2D eigenvalue weighted by Gasteiger charge is 2.62. The van der Waals surface area contributed by atoms with E-state index in [0.717, 1.165) is 18.7 Å². The zero-order valence-electron chi connectivity index (χ0n) is 29.5. The number of nitrogens with zero attached hydrogens (tertiary/aromatic N) is 6. The summed E-state index contributed by atoms with van der Waals surface area (Å²) in [7, 11) is 0. The summed E-state index contributed by atoms with van der Waals surface area (Å²) >= 11 is 0. The van der Waals surface area contributed by atoms with Gasteiger partial charge in [-0.05, 0) is 92.2 Å². The second-order valence-electron chi connectivity index (χ2n) is 15.3. The van der Waals surface area contributed by atoms with E-state index < -0.39 is 40.7 Å². The molecule has 5 heterocycles. The third-order valence-corrected chi connectivity index (χ3v) is 12.2. The molecule has 4 aromatic heterocycles. The number of hydrogen-bond acceptors (Lipinski definition) is 8. The second kappa shape index (κ2) is 13.3. The number of piperidine rings is 1. The molecule has 0 atom stereocenters. The van der Waals surface area contributed by atoms with Crippen molar-refractivity contribution in [2.24, 2.45) is 23.7 Å². The molecule has 10 rings (SSSR count). The Kier molecular flexibility index (Phi) is 8.50. The lowest BCUT2D eigenvalue weighted by Gasteiger charge is -2.59. The van der Waals surface area contributed by atoms with Crippen LogP contribution in [0.1, 0.15) is 61.0 Å². The maximum absolute atomic E-state index is 15.2. The summed E-state index contributed by atoms with van der Waals surface area (Å²) in [6.45, 7) is 1.36. The SMILES string of the molecule is O=C(NC1(C(=O)O)C2CC3CC(C2)CC1C3)c1ccc(-c2cn(-c3ccncc3F)c3cc(OC4CCN(c5ncccn5)CC4)ccc23)nc1C(F)(F)F. The molecule has 55 heavy (non-hydrogen) atoms. The number of halogens is 4. The van der Waals surface area contributed by atoms with E-state index in [-0.39, 0.29) is 34.9 Å². The van der Waals surface area contributed by atoms with Crippen LogP contribution in [0.4, 0.5) is 23.5 Å². The van der Waals surface area contributed by atoms with E-state index in [4.69, 9.17) is 4.74 Å². The Morgan fingerprint density at radius 1 is 0.927 bits per heavy atom. The lowest BCUT2D eigenvalue weighted by Crippen LogP contribution is -2.70. The van der Waals surface area contributed by atoms with Crippen molar-refractivity contribution in [3.8, 4) is 22.7 Å². The third kappa shape index (κ3) is 6.13. The van der Waals surface area contributed by atoms with E-state index in [0.29, 0.717) is 86.1 Å². The predicted molar refractivity (Wildman–Crippen MR) is 192 cm³/mol. The summed E-state index contributed by atoms with van der Waals surface area (Å²) in [6, 6.07) is 10.7. The van der Waals surface area contributed by atoms with Gasteiger partial charge < -0.3 is 24.6 Å². The molecule has 1 amide bonds. The van der Waals surface area contributed by atoms with Crippen molar-refractivity contribution in [2.75, 3.05) is 18.0 Å². The number of fused-ring (bicyclic) bond motifs is 1. The minimum absolute atomic E-state index is 0.103. The molecule has 4 aliphatic carbocycles. The van der Waals surface area contributed by atoms with Gasteiger partial charge in [-0.3, -0.25) is 9.78 Å². The molecule has 0 unspecified atom stereocenters. The van der Waals surface area contributed by atoms with Gasteiger partial charge in [-0.1, -0.05) is 0 Å². The minimum atomic E-state index is -5.05. The van der Waals surface area contributed by atoms with Crippen molar-refractivity contribution in [1.82, 2.24) is 29.8 Å². The molecule has 11 nitrogen and oxygen atoms in total. The van der Waals surface area contributed by atoms with Gasteiger partial charge >= 0.3 is 12.1 Å². The molecule has 284 valence electrons. The maximum Gasteiger partial charge on any atom is 0.434 e. The number of benzene rings is 1. The van der Waals surface area contributed by atoms with E-state index in [1.165, 1.54) is 29.1 Å². The molecule has 0 spiro atoms. The zero-order chi connectivity index (χ0) is 38.1. The second-order valence-corrected chi connectivity index (χ2v) is 15.3. The van der Waals surface area contributed by atoms with Crippen LogP contribution in [0.3, 0.4) is 0 Å². The standard InChI is InChI=1S/C40H37F4N7O4/c41-31-20-45-11-6-33(31)51-21-30(28-3-2-27(19-34(28)51)55-26-7-12-50(13-8-26)38-46-9-1-10-47-38)32-5-4-29(35(48-32)40(42,43)44)36(52)49-39(37(53)54)24-15-22-14-23(17-24)18-25(39)16-22/h1-6,9-11,19-26H,7-8,12-18H2,(H,49,52)(H,53,54). The molecule has 1 aliphatic heterocycles. The number of carbonyl (C=O) groups is 2. The number of amides is 1. The van der Waals surface area contributed by atoms with Crippen LogP contribution in [0.5, 0.6) is 5.75 Å². The van der Waals surface area contributed by atoms with Gasteiger partial charge in [0.15, 0.2) is 11.5 Å². The van der Waals surface area contributed by atoms with Crippen LogP contribution in [0.2, 0.25) is 0 Å². The van der Waals surface area contributed by atoms with Crippen LogP contribution in [-0.4, -0.2) is 66.2 Å². The first-order chi connectivity index (χ1) is 26.5. The van der Waals surface area contributed by atoms with Crippen LogP contribution in [0.15, 0.2) is 73.4 Å². The van der Waals surface area contributed by atoms with Crippen LogP contribution >= 0.6 is 0 Å². The number of rotatable bonds is 8. The number of pyridine rings is 2. The third-order valence-electron chi connectivity index (χ3n) is 12.2. The highest BCUT2D eigenvalue weighted by atomic mass is 19.4. The minimum Gasteiger partial charge on any atom is -0.490 e. The zero-order valence-corrected chi connectivity index (χ0v) is 29.5. The Morgan fingerprint density at radius 2 is 1.64 bits per heavy atom. The molecule has 5 fully saturated rings. The highest BCUT2D eigenvalue weighted by molar-refractivity contribution is 6.01. The molecule has 1 saturated heterocycles. The molecular weight excluding hydrogens is 718 g/mol. The normalized spacial score (nSPS) is 25.0. The Labute approximate surface area is 312 Å². The van der Waals surface area contributed by atoms with Crippen molar-refractivity contribution in [3.05, 3.63) is 90.5 Å². The molecule has 4 saturated carbocycles. The first-order valence-electron chi connectivity index (χ1n) is 18.6. The molecule has 0 radical (unpaired) electrons. The summed E-state index contributed by atoms with van der Waals surface area (Å²) in [5, 5.41) is 13.6. The molecule has 5 aromatic rings. The fourth-order valence-electron chi connectivity index (χ4n) is 9.87. The Bertz CT molecular complexity index is 2260. The van der Waals surface area contributed by atoms with Crippen molar-refractivity contribution in [2.45, 2.75) is 62.8 Å². The monoisotopic (exact) mass is 755 g/mol. The summed E-state index contributed by atoms with van der Waals surface area (Å²) in [4.78, 5) is 45.3. The van der Waals surface area contributed by atoms with E-state index in [1.54, 1.807) is 36.7 Å². The number of nitrogens with one attached hydrogen (secondary N) is 1. The summed E-state index contributed by atoms with van der Waals surface area (Å²) in [5.74, 6) is -1.79. The Morgan fingerprint density at radius 3 is 2.29 bits per heavy atom. The number of anilines is 1. The van der Waals surface area contributed by atoms with Gasteiger partial charge in [-0.25, -0.2) is 24.1 Å². The lowest BCUT2D eigenvalue weighted by atomic mass is 9.48. The quantitative estimate of drug-likeness (QED) is 0.159. The van der Waals surface area contributed by atoms with E-state index in [9.17, 15) is 27.9 Å². The van der Waals surface area contributed by atoms with Crippen LogP contribution in [0.25, 0.3) is 27.8 Å². The van der Waals surface area contributed by atoms with Crippen LogP contribution < -0.4 is 15.0 Å². The number of alkyl halides is 3. The number of hydrogen-bond donors (Lipinski definition) is 2. The van der Waals surface area contributed by atoms with Gasteiger partial charge in [0.05, 0.1) is 28.7 Å². The molecular formula is C40H37F4N7O4. The molecule has 2 N–H and O–H groups in total. The van der Waals surface area contributed by atoms with E-state index in [1.807, 2.05) is 0 Å². The van der Waals surface area contributed by atoms with Gasteiger partial charge in [-0.2, -0.15) is 13.2 Å². The van der Waals surface area contributed by atoms with Crippen LogP contribution in [-0.2, 0) is 11.0 Å². The van der Waals surface area contributed by atoms with E-state index in [2.05, 4.69) is 30.2 Å². The number of carbonyl (C=O) groups excluding carboxylic acids is 1. The van der Waals surface area contributed by atoms with Crippen molar-refractivity contribution in [1.29, 1.82) is 0 Å². The van der Waals surface area contributed by atoms with Crippen molar-refractivity contribution < 1.29 is 37.0 Å². The maximum atomic E-state index is 15.2. The summed E-state index contributed by atoms with van der Waals surface area (Å²) in [5.41, 5.74) is -3.11. The first kappa shape index (κ1) is 35.1. The smallest absolute Gasteiger partial charge is 0.434 e. The van der Waals surface area contributed by atoms with Crippen molar-refractivity contribution >= 4 is 28.7 Å². The fourth-order valence-corrected chi connectivity index (χ4v) is 9.87. The molecule has 4 bridgehead atoms. The topological polar surface area (TPSA) is 135 Å². The van der Waals surface area contributed by atoms with E-state index >= 15 is 4.39 Å². The van der Waals surface area contributed by atoms with Crippen LogP contribution in [0, 0.1) is 29.5 Å². The summed E-state index contributed by atoms with van der Waals surface area (Å²) < 4.78 is 67.6. The van der Waals surface area contributed by atoms with Gasteiger partial charge in [0.1, 0.15) is 17.4 Å². The number of carboxylic acids is 1. The average Bonchev–Trinajstić information content (AvgIpc) is 3.54. The highest BCUT2D eigenvalue weighted by Crippen LogP contribution is 2.58. The largest absolute Gasteiger partial charge is 0.490 e. The van der Waals surface area contributed by atoms with Gasteiger partial charge in [0, 0.05) is 67.7 Å². The molecule has 5 aliphatic rings. The fraction of sp³-hybridized carbons (Fsp3) is 0.400.